The second-order valence-electron chi connectivity index (χ2n) is 2.79. The maximum Gasteiger partial charge on any atom is 0.229 e. The summed E-state index contributed by atoms with van der Waals surface area (Å²) in [7, 11) is 0. The van der Waals surface area contributed by atoms with E-state index in [0.29, 0.717) is 0 Å². The third kappa shape index (κ3) is 1.31. The lowest BCUT2D eigenvalue weighted by Crippen LogP contribution is -2.40. The molecule has 0 bridgehead atoms. The maximum atomic E-state index is 10.9. The molecule has 1 aliphatic rings. The van der Waals surface area contributed by atoms with Crippen LogP contribution in [0.15, 0.2) is 24.3 Å². The van der Waals surface area contributed by atoms with Crippen LogP contribution < -0.4 is 5.73 Å². The number of amides is 1. The maximum absolute atomic E-state index is 10.9. The summed E-state index contributed by atoms with van der Waals surface area (Å²) in [5, 5.41) is -0.329. The fraction of sp³-hybridized carbons (Fsp3) is 0.375. The molecule has 2 atom stereocenters. The number of carbonyl (C=O) groups is 1. The van der Waals surface area contributed by atoms with Gasteiger partial charge in [-0.25, -0.2) is 0 Å². The molecular formula is C8H10ClNO. The first-order chi connectivity index (χ1) is 5.07. The summed E-state index contributed by atoms with van der Waals surface area (Å²) in [5.41, 5.74) is 4.46. The van der Waals surface area contributed by atoms with Gasteiger partial charge in [0.15, 0.2) is 0 Å². The van der Waals surface area contributed by atoms with Crippen molar-refractivity contribution in [1.82, 2.24) is 0 Å². The normalized spacial score (nSPS) is 35.6. The van der Waals surface area contributed by atoms with Crippen LogP contribution in [0.3, 0.4) is 0 Å². The molecule has 0 saturated carbocycles. The Labute approximate surface area is 70.7 Å². The predicted octanol–water partition coefficient (Wildman–Crippen LogP) is 1.21. The zero-order chi connectivity index (χ0) is 8.48. The van der Waals surface area contributed by atoms with Crippen LogP contribution in [0.4, 0.5) is 0 Å². The van der Waals surface area contributed by atoms with E-state index in [1.807, 2.05) is 6.08 Å². The Morgan fingerprint density at radius 3 is 2.64 bits per heavy atom. The van der Waals surface area contributed by atoms with E-state index >= 15 is 0 Å². The molecule has 11 heavy (non-hydrogen) atoms. The Hall–Kier alpha value is -0.760. The molecular weight excluding hydrogens is 162 g/mol. The lowest BCUT2D eigenvalue weighted by Gasteiger charge is -2.27. The topological polar surface area (TPSA) is 43.1 Å². The third-order valence-corrected chi connectivity index (χ3v) is 2.54. The second-order valence-corrected chi connectivity index (χ2v) is 3.26. The van der Waals surface area contributed by atoms with Gasteiger partial charge >= 0.3 is 0 Å². The summed E-state index contributed by atoms with van der Waals surface area (Å²) in [5.74, 6) is -0.391. The minimum absolute atomic E-state index is 0.329. The first kappa shape index (κ1) is 8.34. The number of rotatable bonds is 1. The lowest BCUT2D eigenvalue weighted by atomic mass is 9.83. The fourth-order valence-electron chi connectivity index (χ4n) is 0.927. The van der Waals surface area contributed by atoms with Gasteiger partial charge in [-0.1, -0.05) is 24.3 Å². The van der Waals surface area contributed by atoms with Gasteiger partial charge in [0.1, 0.15) is 0 Å². The SMILES string of the molecule is CC1(C(N)=O)C=CC=CC1Cl. The minimum Gasteiger partial charge on any atom is -0.369 e. The molecule has 60 valence electrons. The van der Waals surface area contributed by atoms with Crippen LogP contribution in [0.25, 0.3) is 0 Å². The van der Waals surface area contributed by atoms with E-state index in [-0.39, 0.29) is 5.38 Å². The summed E-state index contributed by atoms with van der Waals surface area (Å²) in [6.45, 7) is 1.73. The van der Waals surface area contributed by atoms with Crippen molar-refractivity contribution in [2.24, 2.45) is 11.1 Å². The van der Waals surface area contributed by atoms with Crippen molar-refractivity contribution >= 4 is 17.5 Å². The van der Waals surface area contributed by atoms with Crippen LogP contribution in [0.1, 0.15) is 6.92 Å². The smallest absolute Gasteiger partial charge is 0.229 e. The number of allylic oxidation sites excluding steroid dienone is 3. The molecule has 1 rings (SSSR count). The molecule has 1 aliphatic carbocycles. The predicted molar refractivity (Wildman–Crippen MR) is 45.2 cm³/mol. The van der Waals surface area contributed by atoms with Crippen LogP contribution in [-0.4, -0.2) is 11.3 Å². The van der Waals surface area contributed by atoms with Crippen molar-refractivity contribution in [3.05, 3.63) is 24.3 Å². The third-order valence-electron chi connectivity index (χ3n) is 1.94. The Morgan fingerprint density at radius 2 is 2.27 bits per heavy atom. The molecule has 1 amide bonds. The van der Waals surface area contributed by atoms with Crippen molar-refractivity contribution in [2.75, 3.05) is 0 Å². The minimum atomic E-state index is -0.726. The molecule has 2 N–H and O–H groups in total. The van der Waals surface area contributed by atoms with Gasteiger partial charge in [0.2, 0.25) is 5.91 Å². The molecule has 3 heteroatoms. The molecule has 0 aromatic rings. The van der Waals surface area contributed by atoms with Gasteiger partial charge < -0.3 is 5.73 Å². The van der Waals surface area contributed by atoms with E-state index in [1.54, 1.807) is 25.2 Å². The standard InChI is InChI=1S/C8H10ClNO/c1-8(7(10)11)5-3-2-4-6(8)9/h2-6H,1H3,(H2,10,11). The summed E-state index contributed by atoms with van der Waals surface area (Å²) < 4.78 is 0. The highest BCUT2D eigenvalue weighted by atomic mass is 35.5. The van der Waals surface area contributed by atoms with E-state index in [2.05, 4.69) is 0 Å². The van der Waals surface area contributed by atoms with Gasteiger partial charge in [0, 0.05) is 0 Å². The van der Waals surface area contributed by atoms with Gasteiger partial charge in [-0.15, -0.1) is 11.6 Å². The average Bonchev–Trinajstić information content (AvgIpc) is 1.95. The molecule has 0 radical (unpaired) electrons. The second kappa shape index (κ2) is 2.70. The average molecular weight is 172 g/mol. The van der Waals surface area contributed by atoms with Crippen molar-refractivity contribution in [3.63, 3.8) is 0 Å². The molecule has 0 saturated heterocycles. The molecule has 0 fully saturated rings. The quantitative estimate of drug-likeness (QED) is 0.593. The number of alkyl halides is 1. The van der Waals surface area contributed by atoms with Crippen LogP contribution in [-0.2, 0) is 4.79 Å². The molecule has 2 nitrogen and oxygen atoms in total. The zero-order valence-electron chi connectivity index (χ0n) is 6.25. The van der Waals surface area contributed by atoms with Crippen LogP contribution in [0.5, 0.6) is 0 Å². The summed E-state index contributed by atoms with van der Waals surface area (Å²) in [6, 6.07) is 0. The highest BCUT2D eigenvalue weighted by Gasteiger charge is 2.35. The van der Waals surface area contributed by atoms with Gasteiger partial charge in [-0.05, 0) is 6.92 Å². The Kier molecular flexibility index (Phi) is 2.05. The molecule has 0 spiro atoms. The van der Waals surface area contributed by atoms with Crippen molar-refractivity contribution in [3.8, 4) is 0 Å². The zero-order valence-corrected chi connectivity index (χ0v) is 7.01. The Morgan fingerprint density at radius 1 is 1.64 bits per heavy atom. The van der Waals surface area contributed by atoms with Gasteiger partial charge in [-0.2, -0.15) is 0 Å². The van der Waals surface area contributed by atoms with E-state index in [0.717, 1.165) is 0 Å². The Bertz CT molecular complexity index is 234. The fourth-order valence-corrected chi connectivity index (χ4v) is 1.19. The number of hydrogen-bond acceptors (Lipinski definition) is 1. The van der Waals surface area contributed by atoms with Crippen molar-refractivity contribution < 1.29 is 4.79 Å². The number of primary amides is 1. The summed E-state index contributed by atoms with van der Waals surface area (Å²) in [4.78, 5) is 10.9. The number of nitrogens with two attached hydrogens (primary N) is 1. The van der Waals surface area contributed by atoms with E-state index in [1.165, 1.54) is 0 Å². The van der Waals surface area contributed by atoms with E-state index < -0.39 is 11.3 Å². The van der Waals surface area contributed by atoms with Crippen molar-refractivity contribution in [1.29, 1.82) is 0 Å². The monoisotopic (exact) mass is 171 g/mol. The number of hydrogen-bond donors (Lipinski definition) is 1. The summed E-state index contributed by atoms with van der Waals surface area (Å²) in [6.07, 6.45) is 7.07. The lowest BCUT2D eigenvalue weighted by molar-refractivity contribution is -0.124. The first-order valence-corrected chi connectivity index (χ1v) is 3.81. The Balaban J connectivity index is 2.94. The summed E-state index contributed by atoms with van der Waals surface area (Å²) >= 11 is 5.88. The first-order valence-electron chi connectivity index (χ1n) is 3.37. The van der Waals surface area contributed by atoms with Gasteiger partial charge in [0.05, 0.1) is 10.8 Å². The van der Waals surface area contributed by atoms with E-state index in [4.69, 9.17) is 17.3 Å². The molecule has 0 aromatic carbocycles. The number of halogens is 1. The molecule has 0 aromatic heterocycles. The van der Waals surface area contributed by atoms with Crippen LogP contribution in [0, 0.1) is 5.41 Å². The highest BCUT2D eigenvalue weighted by molar-refractivity contribution is 6.24. The number of carbonyl (C=O) groups excluding carboxylic acids is 1. The van der Waals surface area contributed by atoms with E-state index in [9.17, 15) is 4.79 Å². The highest BCUT2D eigenvalue weighted by Crippen LogP contribution is 2.31. The van der Waals surface area contributed by atoms with Crippen molar-refractivity contribution in [2.45, 2.75) is 12.3 Å². The largest absolute Gasteiger partial charge is 0.369 e. The van der Waals surface area contributed by atoms with Gasteiger partial charge in [0.25, 0.3) is 0 Å². The molecule has 0 heterocycles. The van der Waals surface area contributed by atoms with Crippen LogP contribution in [0.2, 0.25) is 0 Å². The van der Waals surface area contributed by atoms with Gasteiger partial charge in [-0.3, -0.25) is 4.79 Å². The molecule has 0 aliphatic heterocycles. The van der Waals surface area contributed by atoms with Crippen LogP contribution >= 0.6 is 11.6 Å². The molecule has 2 unspecified atom stereocenters.